The molecule has 2 aliphatic rings. The molecule has 6 heteroatoms. The van der Waals surface area contributed by atoms with Crippen LogP contribution in [0.2, 0.25) is 5.02 Å². The summed E-state index contributed by atoms with van der Waals surface area (Å²) in [5.74, 6) is 0.142. The number of nitrogens with one attached hydrogen (secondary N) is 1. The smallest absolute Gasteiger partial charge is 0.337 e. The van der Waals surface area contributed by atoms with Gasteiger partial charge in [-0.1, -0.05) is 55.8 Å². The average molecular weight is 498 g/mol. The number of ketones is 1. The number of hydrogen-bond acceptors (Lipinski definition) is 4. The Balaban J connectivity index is 1.50. The van der Waals surface area contributed by atoms with Crippen molar-refractivity contribution in [1.82, 2.24) is 0 Å². The minimum Gasteiger partial charge on any atom is -0.478 e. The van der Waals surface area contributed by atoms with Crippen LogP contribution in [0.1, 0.15) is 54.4 Å². The van der Waals surface area contributed by atoms with E-state index in [4.69, 9.17) is 16.0 Å². The number of carboxylic acid groups (broad SMARTS) is 1. The maximum absolute atomic E-state index is 13.6. The standard InChI is InChI=1S/C30H24ClNO4/c1-30(2)14-20-26-18-6-4-3-5-16(18)8-10-22(26)32-28(27(20)23(33)15-30)25-12-11-24(36-25)17-7-9-21(31)19(13-17)29(34)35/h3-13,28,32H,14-15H2,1-2H3,(H,34,35)/t28-/m0/s1. The second-order valence-electron chi connectivity index (χ2n) is 10.3. The lowest BCUT2D eigenvalue weighted by Crippen LogP contribution is -2.33. The highest BCUT2D eigenvalue weighted by molar-refractivity contribution is 6.33. The number of allylic oxidation sites excluding steroid dienone is 1. The van der Waals surface area contributed by atoms with Crippen LogP contribution in [0.4, 0.5) is 5.69 Å². The minimum absolute atomic E-state index is 0.0124. The van der Waals surface area contributed by atoms with Gasteiger partial charge in [-0.25, -0.2) is 4.79 Å². The number of anilines is 1. The molecule has 0 bridgehead atoms. The van der Waals surface area contributed by atoms with Gasteiger partial charge in [0.2, 0.25) is 0 Å². The highest BCUT2D eigenvalue weighted by Crippen LogP contribution is 2.52. The third kappa shape index (κ3) is 3.62. The Kier molecular flexibility index (Phi) is 5.09. The van der Waals surface area contributed by atoms with Gasteiger partial charge in [0.05, 0.1) is 10.6 Å². The number of furan rings is 1. The molecule has 4 aromatic rings. The summed E-state index contributed by atoms with van der Waals surface area (Å²) >= 11 is 6.05. The van der Waals surface area contributed by atoms with Crippen molar-refractivity contribution in [3.05, 3.63) is 94.2 Å². The number of halogens is 1. The molecule has 6 rings (SSSR count). The van der Waals surface area contributed by atoms with Gasteiger partial charge in [-0.15, -0.1) is 0 Å². The van der Waals surface area contributed by atoms with Crippen LogP contribution in [-0.2, 0) is 4.79 Å². The molecule has 1 aromatic heterocycles. The fraction of sp³-hybridized carbons (Fsp3) is 0.200. The molecule has 0 amide bonds. The van der Waals surface area contributed by atoms with Gasteiger partial charge in [-0.3, -0.25) is 4.79 Å². The SMILES string of the molecule is CC1(C)CC(=O)C2=C(C1)c1c(ccc3ccccc13)N[C@H]2c1ccc(-c2ccc(Cl)c(C(=O)O)c2)o1. The first-order valence-electron chi connectivity index (χ1n) is 11.9. The Hall–Kier alpha value is -3.83. The largest absolute Gasteiger partial charge is 0.478 e. The van der Waals surface area contributed by atoms with Crippen molar-refractivity contribution in [1.29, 1.82) is 0 Å². The molecular formula is C30H24ClNO4. The van der Waals surface area contributed by atoms with Crippen molar-refractivity contribution in [2.45, 2.75) is 32.7 Å². The van der Waals surface area contributed by atoms with E-state index in [-0.39, 0.29) is 21.8 Å². The second kappa shape index (κ2) is 8.10. The molecule has 0 radical (unpaired) electrons. The van der Waals surface area contributed by atoms with E-state index in [1.165, 1.54) is 6.07 Å². The van der Waals surface area contributed by atoms with E-state index in [0.29, 0.717) is 23.5 Å². The molecule has 0 saturated heterocycles. The van der Waals surface area contributed by atoms with Crippen LogP contribution in [0.25, 0.3) is 27.7 Å². The molecule has 0 unspecified atom stereocenters. The Morgan fingerprint density at radius 3 is 2.67 bits per heavy atom. The number of benzene rings is 3. The van der Waals surface area contributed by atoms with Crippen LogP contribution < -0.4 is 5.32 Å². The molecule has 180 valence electrons. The van der Waals surface area contributed by atoms with Gasteiger partial charge in [0.25, 0.3) is 0 Å². The Bertz CT molecular complexity index is 1610. The van der Waals surface area contributed by atoms with E-state index in [2.05, 4.69) is 43.4 Å². The molecule has 0 spiro atoms. The van der Waals surface area contributed by atoms with Crippen molar-refractivity contribution in [3.63, 3.8) is 0 Å². The maximum Gasteiger partial charge on any atom is 0.337 e. The van der Waals surface area contributed by atoms with Crippen molar-refractivity contribution < 1.29 is 19.1 Å². The third-order valence-electron chi connectivity index (χ3n) is 7.13. The highest BCUT2D eigenvalue weighted by Gasteiger charge is 2.41. The molecule has 3 aromatic carbocycles. The summed E-state index contributed by atoms with van der Waals surface area (Å²) in [6.07, 6.45) is 1.26. The summed E-state index contributed by atoms with van der Waals surface area (Å²) in [7, 11) is 0. The first-order chi connectivity index (χ1) is 17.2. The van der Waals surface area contributed by atoms with Gasteiger partial charge < -0.3 is 14.8 Å². The molecule has 1 aliphatic carbocycles. The average Bonchev–Trinajstić information content (AvgIpc) is 3.32. The number of rotatable bonds is 3. The van der Waals surface area contributed by atoms with Crippen LogP contribution in [0.5, 0.6) is 0 Å². The number of carbonyl (C=O) groups excluding carboxylic acids is 1. The summed E-state index contributed by atoms with van der Waals surface area (Å²) in [4.78, 5) is 25.1. The van der Waals surface area contributed by atoms with E-state index >= 15 is 0 Å². The lowest BCUT2D eigenvalue weighted by molar-refractivity contribution is -0.118. The van der Waals surface area contributed by atoms with Gasteiger partial charge >= 0.3 is 5.97 Å². The minimum atomic E-state index is -1.10. The molecule has 1 aliphatic heterocycles. The molecule has 0 saturated carbocycles. The van der Waals surface area contributed by atoms with E-state index in [9.17, 15) is 14.7 Å². The normalized spacial score (nSPS) is 18.5. The number of carboxylic acids is 1. The lowest BCUT2D eigenvalue weighted by Gasteiger charge is -2.39. The molecule has 36 heavy (non-hydrogen) atoms. The summed E-state index contributed by atoms with van der Waals surface area (Å²) in [5, 5.41) is 15.5. The maximum atomic E-state index is 13.6. The number of aromatic carboxylic acids is 1. The third-order valence-corrected chi connectivity index (χ3v) is 7.46. The highest BCUT2D eigenvalue weighted by atomic mass is 35.5. The van der Waals surface area contributed by atoms with Gasteiger partial charge in [0.1, 0.15) is 17.6 Å². The van der Waals surface area contributed by atoms with Crippen LogP contribution in [0.15, 0.2) is 76.7 Å². The Morgan fingerprint density at radius 1 is 1.06 bits per heavy atom. The predicted molar refractivity (Wildman–Crippen MR) is 141 cm³/mol. The van der Waals surface area contributed by atoms with Crippen molar-refractivity contribution in [2.24, 2.45) is 5.41 Å². The first-order valence-corrected chi connectivity index (χ1v) is 12.3. The molecule has 2 N–H and O–H groups in total. The molecular weight excluding hydrogens is 474 g/mol. The quantitative estimate of drug-likeness (QED) is 0.302. The monoisotopic (exact) mass is 497 g/mol. The molecule has 5 nitrogen and oxygen atoms in total. The fourth-order valence-corrected chi connectivity index (χ4v) is 5.75. The van der Waals surface area contributed by atoms with Crippen molar-refractivity contribution in [2.75, 3.05) is 5.32 Å². The summed E-state index contributed by atoms with van der Waals surface area (Å²) in [6, 6.07) is 20.4. The first kappa shape index (κ1) is 22.6. The van der Waals surface area contributed by atoms with Gasteiger partial charge in [0.15, 0.2) is 5.78 Å². The van der Waals surface area contributed by atoms with E-state index in [1.807, 2.05) is 18.2 Å². The fourth-order valence-electron chi connectivity index (χ4n) is 5.56. The zero-order valence-corrected chi connectivity index (χ0v) is 20.6. The van der Waals surface area contributed by atoms with E-state index in [1.54, 1.807) is 18.2 Å². The number of hydrogen-bond donors (Lipinski definition) is 2. The molecule has 2 heterocycles. The number of fused-ring (bicyclic) bond motifs is 4. The summed E-state index contributed by atoms with van der Waals surface area (Å²) in [6.45, 7) is 4.28. The molecule has 0 fully saturated rings. The van der Waals surface area contributed by atoms with Gasteiger partial charge in [-0.05, 0) is 64.6 Å². The van der Waals surface area contributed by atoms with Crippen LogP contribution in [0.3, 0.4) is 0 Å². The van der Waals surface area contributed by atoms with Gasteiger partial charge in [-0.2, -0.15) is 0 Å². The topological polar surface area (TPSA) is 79.5 Å². The van der Waals surface area contributed by atoms with Crippen molar-refractivity contribution >= 4 is 45.4 Å². The summed E-state index contributed by atoms with van der Waals surface area (Å²) in [5.41, 5.74) is 4.37. The van der Waals surface area contributed by atoms with E-state index in [0.717, 1.165) is 39.6 Å². The second-order valence-corrected chi connectivity index (χ2v) is 10.7. The Morgan fingerprint density at radius 2 is 1.86 bits per heavy atom. The number of carbonyl (C=O) groups is 2. The Labute approximate surface area is 213 Å². The van der Waals surface area contributed by atoms with Gasteiger partial charge in [0, 0.05) is 28.8 Å². The zero-order valence-electron chi connectivity index (χ0n) is 19.9. The zero-order chi connectivity index (χ0) is 25.2. The van der Waals surface area contributed by atoms with Crippen LogP contribution >= 0.6 is 11.6 Å². The van der Waals surface area contributed by atoms with Crippen molar-refractivity contribution in [3.8, 4) is 11.3 Å². The summed E-state index contributed by atoms with van der Waals surface area (Å²) < 4.78 is 6.25. The van der Waals surface area contributed by atoms with Crippen LogP contribution in [-0.4, -0.2) is 16.9 Å². The molecule has 1 atom stereocenters. The lowest BCUT2D eigenvalue weighted by atomic mass is 9.68. The van der Waals surface area contributed by atoms with Crippen LogP contribution in [0, 0.1) is 5.41 Å². The van der Waals surface area contributed by atoms with E-state index < -0.39 is 12.0 Å². The predicted octanol–water partition coefficient (Wildman–Crippen LogP) is 7.76. The number of Topliss-reactive ketones (excluding diaryl/α,β-unsaturated/α-hetero) is 1.